The van der Waals surface area contributed by atoms with E-state index in [4.69, 9.17) is 16.7 Å². The van der Waals surface area contributed by atoms with Gasteiger partial charge in [-0.25, -0.2) is 4.39 Å². The summed E-state index contributed by atoms with van der Waals surface area (Å²) in [5.74, 6) is -1.10. The van der Waals surface area contributed by atoms with E-state index < -0.39 is 11.8 Å². The van der Waals surface area contributed by atoms with E-state index in [1.165, 1.54) is 18.9 Å². The maximum absolute atomic E-state index is 13.3. The first-order valence-electron chi connectivity index (χ1n) is 8.13. The molecule has 2 fully saturated rings. The van der Waals surface area contributed by atoms with Crippen LogP contribution in [0.5, 0.6) is 0 Å². The van der Waals surface area contributed by atoms with E-state index in [1.54, 1.807) is 0 Å². The summed E-state index contributed by atoms with van der Waals surface area (Å²) in [6.07, 6.45) is 3.77. The Morgan fingerprint density at radius 1 is 1.29 bits per heavy atom. The second kappa shape index (κ2) is 7.07. The molecule has 2 saturated carbocycles. The molecule has 0 radical (unpaired) electrons. The number of halogens is 2. The van der Waals surface area contributed by atoms with Gasteiger partial charge in [-0.05, 0) is 49.8 Å². The minimum atomic E-state index is -0.822. The topological polar surface area (TPSA) is 69.6 Å². The lowest BCUT2D eigenvalue weighted by Crippen LogP contribution is -2.55. The van der Waals surface area contributed by atoms with Gasteiger partial charge in [0, 0.05) is 29.2 Å². The summed E-state index contributed by atoms with van der Waals surface area (Å²) in [4.78, 5) is 25.2. The molecule has 130 valence electrons. The van der Waals surface area contributed by atoms with Crippen LogP contribution in [0.25, 0.3) is 0 Å². The van der Waals surface area contributed by atoms with Crippen LogP contribution in [0.3, 0.4) is 0 Å². The molecule has 1 amide bonds. The smallest absolute Gasteiger partial charge is 0.317 e. The minimum absolute atomic E-state index is 0.0139. The third kappa shape index (κ3) is 4.45. The fourth-order valence-electron chi connectivity index (χ4n) is 3.11. The van der Waals surface area contributed by atoms with Crippen LogP contribution in [-0.4, -0.2) is 47.1 Å². The molecule has 0 spiro atoms. The number of benzene rings is 1. The molecule has 0 heterocycles. The molecule has 2 aliphatic rings. The molecule has 0 atom stereocenters. The number of rotatable bonds is 7. The molecule has 2 aliphatic carbocycles. The number of nitrogens with one attached hydrogen (secondary N) is 1. The summed E-state index contributed by atoms with van der Waals surface area (Å²) in [5.41, 5.74) is 0.198. The number of nitrogens with zero attached hydrogens (tertiary/aromatic N) is 1. The number of amides is 1. The van der Waals surface area contributed by atoms with Crippen molar-refractivity contribution in [1.82, 2.24) is 10.2 Å². The van der Waals surface area contributed by atoms with Gasteiger partial charge in [0.25, 0.3) is 5.91 Å². The Bertz CT molecular complexity index is 624. The van der Waals surface area contributed by atoms with Gasteiger partial charge in [0.05, 0.1) is 6.54 Å². The fourth-order valence-corrected chi connectivity index (χ4v) is 3.33. The van der Waals surface area contributed by atoms with E-state index in [0.717, 1.165) is 31.5 Å². The van der Waals surface area contributed by atoms with Crippen molar-refractivity contribution in [1.29, 1.82) is 0 Å². The molecule has 24 heavy (non-hydrogen) atoms. The maximum Gasteiger partial charge on any atom is 0.317 e. The molecule has 7 heteroatoms. The molecule has 0 saturated heterocycles. The zero-order chi connectivity index (χ0) is 17.3. The van der Waals surface area contributed by atoms with Crippen LogP contribution < -0.4 is 5.32 Å². The third-order valence-electron chi connectivity index (χ3n) is 4.62. The zero-order valence-corrected chi connectivity index (χ0v) is 13.9. The summed E-state index contributed by atoms with van der Waals surface area (Å²) in [7, 11) is 0. The summed E-state index contributed by atoms with van der Waals surface area (Å²) in [6, 6.07) is 3.91. The minimum Gasteiger partial charge on any atom is -0.480 e. The average Bonchev–Trinajstić information content (AvgIpc) is 3.23. The van der Waals surface area contributed by atoms with E-state index in [2.05, 4.69) is 5.32 Å². The third-order valence-corrected chi connectivity index (χ3v) is 4.84. The normalized spacial score (nSPS) is 23.0. The average molecular weight is 355 g/mol. The molecule has 1 aromatic rings. The Morgan fingerprint density at radius 2 is 2.00 bits per heavy atom. The second-order valence-corrected chi connectivity index (χ2v) is 7.16. The lowest BCUT2D eigenvalue weighted by atomic mass is 9.85. The predicted molar refractivity (Wildman–Crippen MR) is 87.6 cm³/mol. The van der Waals surface area contributed by atoms with Crippen molar-refractivity contribution in [3.8, 4) is 0 Å². The van der Waals surface area contributed by atoms with Crippen LogP contribution in [-0.2, 0) is 4.79 Å². The first kappa shape index (κ1) is 17.2. The van der Waals surface area contributed by atoms with Crippen LogP contribution in [0.2, 0.25) is 5.02 Å². The Kier molecular flexibility index (Phi) is 5.06. The molecule has 5 nitrogen and oxygen atoms in total. The molecule has 1 aromatic carbocycles. The van der Waals surface area contributed by atoms with E-state index in [-0.39, 0.29) is 35.1 Å². The highest BCUT2D eigenvalue weighted by molar-refractivity contribution is 6.31. The van der Waals surface area contributed by atoms with E-state index >= 15 is 0 Å². The zero-order valence-electron chi connectivity index (χ0n) is 13.2. The van der Waals surface area contributed by atoms with Crippen LogP contribution in [0.1, 0.15) is 36.0 Å². The van der Waals surface area contributed by atoms with Gasteiger partial charge in [-0.15, -0.1) is 0 Å². The van der Waals surface area contributed by atoms with Crippen molar-refractivity contribution in [2.75, 3.05) is 13.1 Å². The van der Waals surface area contributed by atoms with Crippen LogP contribution in [0.15, 0.2) is 18.2 Å². The summed E-state index contributed by atoms with van der Waals surface area (Å²) >= 11 is 5.76. The lowest BCUT2D eigenvalue weighted by molar-refractivity contribution is -0.139. The monoisotopic (exact) mass is 354 g/mol. The van der Waals surface area contributed by atoms with Crippen molar-refractivity contribution in [2.24, 2.45) is 5.92 Å². The molecule has 0 bridgehead atoms. The Labute approximate surface area is 144 Å². The number of carboxylic acids is 1. The number of hydrogen-bond acceptors (Lipinski definition) is 3. The van der Waals surface area contributed by atoms with Gasteiger partial charge in [-0.3, -0.25) is 14.5 Å². The van der Waals surface area contributed by atoms with Gasteiger partial charge in [0.15, 0.2) is 0 Å². The number of hydrogen-bond donors (Lipinski definition) is 2. The highest BCUT2D eigenvalue weighted by Crippen LogP contribution is 2.33. The largest absolute Gasteiger partial charge is 0.480 e. The molecular formula is C17H20ClFN2O3. The lowest BCUT2D eigenvalue weighted by Gasteiger charge is -2.42. The van der Waals surface area contributed by atoms with Gasteiger partial charge in [0.1, 0.15) is 5.82 Å². The molecular weight excluding hydrogens is 335 g/mol. The SMILES string of the molecule is O=C(O)CN(CC1CC1)C1CC(NC(=O)c2cc(F)cc(Cl)c2)C1. The number of carboxylic acid groups (broad SMARTS) is 1. The highest BCUT2D eigenvalue weighted by Gasteiger charge is 2.37. The summed E-state index contributed by atoms with van der Waals surface area (Å²) in [6.45, 7) is 0.860. The number of carbonyl (C=O) groups is 2. The van der Waals surface area contributed by atoms with Crippen LogP contribution in [0, 0.1) is 11.7 Å². The maximum atomic E-state index is 13.3. The molecule has 2 N–H and O–H groups in total. The summed E-state index contributed by atoms with van der Waals surface area (Å²) in [5, 5.41) is 12.1. The van der Waals surface area contributed by atoms with E-state index in [0.29, 0.717) is 5.92 Å². The second-order valence-electron chi connectivity index (χ2n) is 6.72. The molecule has 0 aliphatic heterocycles. The highest BCUT2D eigenvalue weighted by atomic mass is 35.5. The first-order chi connectivity index (χ1) is 11.4. The Balaban J connectivity index is 1.51. The standard InChI is InChI=1S/C17H20ClFN2O3/c18-12-3-11(4-13(19)5-12)17(24)20-14-6-15(7-14)21(9-16(22)23)8-10-1-2-10/h3-5,10,14-15H,1-2,6-9H2,(H,20,24)(H,22,23). The predicted octanol–water partition coefficient (Wildman–Crippen LogP) is 2.54. The van der Waals surface area contributed by atoms with Crippen molar-refractivity contribution >= 4 is 23.5 Å². The van der Waals surface area contributed by atoms with Gasteiger partial charge in [-0.2, -0.15) is 0 Å². The first-order valence-corrected chi connectivity index (χ1v) is 8.51. The summed E-state index contributed by atoms with van der Waals surface area (Å²) < 4.78 is 13.3. The number of aliphatic carboxylic acids is 1. The quantitative estimate of drug-likeness (QED) is 0.789. The van der Waals surface area contributed by atoms with Gasteiger partial charge in [-0.1, -0.05) is 11.6 Å². The molecule has 3 rings (SSSR count). The fraction of sp³-hybridized carbons (Fsp3) is 0.529. The van der Waals surface area contributed by atoms with Gasteiger partial charge >= 0.3 is 5.97 Å². The van der Waals surface area contributed by atoms with Crippen molar-refractivity contribution in [2.45, 2.75) is 37.8 Å². The number of carbonyl (C=O) groups excluding carboxylic acids is 1. The molecule has 0 aromatic heterocycles. The van der Waals surface area contributed by atoms with E-state index in [9.17, 15) is 14.0 Å². The van der Waals surface area contributed by atoms with Crippen molar-refractivity contribution in [3.05, 3.63) is 34.6 Å². The molecule has 0 unspecified atom stereocenters. The Hall–Kier alpha value is -1.66. The van der Waals surface area contributed by atoms with E-state index in [1.807, 2.05) is 4.90 Å². The Morgan fingerprint density at radius 3 is 2.58 bits per heavy atom. The van der Waals surface area contributed by atoms with Crippen molar-refractivity contribution < 1.29 is 19.1 Å². The van der Waals surface area contributed by atoms with Crippen LogP contribution in [0.4, 0.5) is 4.39 Å². The van der Waals surface area contributed by atoms with Gasteiger partial charge in [0.2, 0.25) is 0 Å². The van der Waals surface area contributed by atoms with Gasteiger partial charge < -0.3 is 10.4 Å². The van der Waals surface area contributed by atoms with Crippen molar-refractivity contribution in [3.63, 3.8) is 0 Å². The van der Waals surface area contributed by atoms with Crippen LogP contribution >= 0.6 is 11.6 Å².